The van der Waals surface area contributed by atoms with Gasteiger partial charge in [-0.25, -0.2) is 0 Å². The molecule has 98 valence electrons. The van der Waals surface area contributed by atoms with Crippen molar-refractivity contribution < 1.29 is 4.79 Å². The van der Waals surface area contributed by atoms with Crippen LogP contribution in [0, 0.1) is 0 Å². The van der Waals surface area contributed by atoms with Gasteiger partial charge in [-0.2, -0.15) is 0 Å². The monoisotopic (exact) mass is 253 g/mol. The van der Waals surface area contributed by atoms with Crippen LogP contribution in [0.15, 0.2) is 18.2 Å². The number of aryl methyl sites for hydroxylation is 1. The molecule has 1 aliphatic rings. The zero-order valence-corrected chi connectivity index (χ0v) is 11.6. The number of aldehydes is 1. The summed E-state index contributed by atoms with van der Waals surface area (Å²) in [7, 11) is 0. The van der Waals surface area contributed by atoms with Gasteiger partial charge in [-0.05, 0) is 42.7 Å². The van der Waals surface area contributed by atoms with Gasteiger partial charge in [0.05, 0.1) is 5.52 Å². The third kappa shape index (κ3) is 1.95. The third-order valence-corrected chi connectivity index (χ3v) is 4.11. The maximum atomic E-state index is 11.5. The number of fused-ring (bicyclic) bond motifs is 2. The fourth-order valence-corrected chi connectivity index (χ4v) is 3.10. The van der Waals surface area contributed by atoms with Gasteiger partial charge in [0.25, 0.3) is 0 Å². The van der Waals surface area contributed by atoms with Gasteiger partial charge >= 0.3 is 0 Å². The van der Waals surface area contributed by atoms with Crippen molar-refractivity contribution in [3.8, 4) is 0 Å². The minimum absolute atomic E-state index is 0.428. The Bertz CT molecular complexity index is 643. The van der Waals surface area contributed by atoms with Crippen molar-refractivity contribution in [3.05, 3.63) is 40.6 Å². The summed E-state index contributed by atoms with van der Waals surface area (Å²) in [5.74, 6) is 0.428. The number of carbonyl (C=O) groups is 1. The van der Waals surface area contributed by atoms with Gasteiger partial charge < -0.3 is 0 Å². The predicted octanol–water partition coefficient (Wildman–Crippen LogP) is 4.05. The van der Waals surface area contributed by atoms with E-state index in [1.54, 1.807) is 0 Å². The van der Waals surface area contributed by atoms with Gasteiger partial charge in [-0.15, -0.1) is 0 Å². The number of para-hydroxylation sites is 1. The first-order valence-corrected chi connectivity index (χ1v) is 7.12. The lowest BCUT2D eigenvalue weighted by Crippen LogP contribution is -2.10. The third-order valence-electron chi connectivity index (χ3n) is 4.11. The van der Waals surface area contributed by atoms with Gasteiger partial charge in [-0.1, -0.05) is 32.0 Å². The normalized spacial score (nSPS) is 14.7. The first-order chi connectivity index (χ1) is 9.22. The van der Waals surface area contributed by atoms with Crippen LogP contribution in [-0.2, 0) is 12.8 Å². The smallest absolute Gasteiger partial charge is 0.151 e. The van der Waals surface area contributed by atoms with Gasteiger partial charge in [0.15, 0.2) is 6.29 Å². The number of pyridine rings is 1. The standard InChI is InChI=1S/C17H19NO/c1-11(2)12-7-5-8-14-15(10-19)13-6-3-4-9-16(13)18-17(12)14/h5,7-8,10-11H,3-4,6,9H2,1-2H3. The van der Waals surface area contributed by atoms with Gasteiger partial charge in [0.2, 0.25) is 0 Å². The Morgan fingerprint density at radius 2 is 2.00 bits per heavy atom. The number of hydrogen-bond donors (Lipinski definition) is 0. The molecule has 19 heavy (non-hydrogen) atoms. The highest BCUT2D eigenvalue weighted by molar-refractivity contribution is 5.99. The second-order valence-electron chi connectivity index (χ2n) is 5.67. The number of nitrogens with zero attached hydrogens (tertiary/aromatic N) is 1. The first kappa shape index (κ1) is 12.3. The number of benzene rings is 1. The molecule has 2 aromatic rings. The van der Waals surface area contributed by atoms with Crippen LogP contribution in [-0.4, -0.2) is 11.3 Å². The lowest BCUT2D eigenvalue weighted by molar-refractivity contribution is 0.112. The van der Waals surface area contributed by atoms with E-state index in [4.69, 9.17) is 4.98 Å². The summed E-state index contributed by atoms with van der Waals surface area (Å²) in [4.78, 5) is 16.4. The molecule has 0 saturated carbocycles. The van der Waals surface area contributed by atoms with E-state index in [1.807, 2.05) is 12.1 Å². The molecule has 1 aromatic carbocycles. The van der Waals surface area contributed by atoms with E-state index >= 15 is 0 Å². The van der Waals surface area contributed by atoms with Crippen molar-refractivity contribution >= 4 is 17.2 Å². The molecule has 0 saturated heterocycles. The van der Waals surface area contributed by atoms with Gasteiger partial charge in [0, 0.05) is 16.6 Å². The summed E-state index contributed by atoms with van der Waals surface area (Å²) in [6.07, 6.45) is 5.40. The molecule has 0 N–H and O–H groups in total. The molecule has 0 amide bonds. The van der Waals surface area contributed by atoms with E-state index in [-0.39, 0.29) is 0 Å². The fourth-order valence-electron chi connectivity index (χ4n) is 3.10. The Morgan fingerprint density at radius 3 is 2.74 bits per heavy atom. The second kappa shape index (κ2) is 4.76. The van der Waals surface area contributed by atoms with Crippen LogP contribution in [0.4, 0.5) is 0 Å². The quantitative estimate of drug-likeness (QED) is 0.756. The molecule has 0 atom stereocenters. The van der Waals surface area contributed by atoms with E-state index in [2.05, 4.69) is 19.9 Å². The Morgan fingerprint density at radius 1 is 1.21 bits per heavy atom. The molecular weight excluding hydrogens is 234 g/mol. The van der Waals surface area contributed by atoms with Crippen LogP contribution in [0.25, 0.3) is 10.9 Å². The largest absolute Gasteiger partial charge is 0.298 e. The molecule has 2 heteroatoms. The van der Waals surface area contributed by atoms with E-state index in [0.717, 1.165) is 41.3 Å². The molecular formula is C17H19NO. The van der Waals surface area contributed by atoms with Crippen LogP contribution >= 0.6 is 0 Å². The fraction of sp³-hybridized carbons (Fsp3) is 0.412. The van der Waals surface area contributed by atoms with Crippen molar-refractivity contribution in [1.29, 1.82) is 0 Å². The summed E-state index contributed by atoms with van der Waals surface area (Å²) in [5, 5.41) is 1.03. The van der Waals surface area contributed by atoms with Crippen molar-refractivity contribution in [2.75, 3.05) is 0 Å². The van der Waals surface area contributed by atoms with Crippen LogP contribution in [0.5, 0.6) is 0 Å². The minimum atomic E-state index is 0.428. The lowest BCUT2D eigenvalue weighted by atomic mass is 9.88. The molecule has 1 aromatic heterocycles. The molecule has 0 fully saturated rings. The molecule has 3 rings (SSSR count). The zero-order chi connectivity index (χ0) is 13.4. The molecule has 1 aliphatic carbocycles. The average Bonchev–Trinajstić information content (AvgIpc) is 2.43. The molecule has 1 heterocycles. The van der Waals surface area contributed by atoms with E-state index in [1.165, 1.54) is 24.0 Å². The number of hydrogen-bond acceptors (Lipinski definition) is 2. The highest BCUT2D eigenvalue weighted by Gasteiger charge is 2.19. The molecule has 0 spiro atoms. The molecule has 0 aliphatic heterocycles. The summed E-state index contributed by atoms with van der Waals surface area (Å²) in [6.45, 7) is 4.35. The topological polar surface area (TPSA) is 30.0 Å². The highest BCUT2D eigenvalue weighted by atomic mass is 16.1. The van der Waals surface area contributed by atoms with Crippen molar-refractivity contribution in [3.63, 3.8) is 0 Å². The number of rotatable bonds is 2. The van der Waals surface area contributed by atoms with Gasteiger partial charge in [-0.3, -0.25) is 9.78 Å². The SMILES string of the molecule is CC(C)c1cccc2c(C=O)c3c(nc12)CCCC3. The molecule has 2 nitrogen and oxygen atoms in total. The van der Waals surface area contributed by atoms with Crippen molar-refractivity contribution in [2.45, 2.75) is 45.4 Å². The van der Waals surface area contributed by atoms with Gasteiger partial charge in [0.1, 0.15) is 0 Å². The molecule has 0 radical (unpaired) electrons. The molecule has 0 bridgehead atoms. The Balaban J connectivity index is 2.39. The first-order valence-electron chi connectivity index (χ1n) is 7.12. The maximum Gasteiger partial charge on any atom is 0.151 e. The zero-order valence-electron chi connectivity index (χ0n) is 11.6. The van der Waals surface area contributed by atoms with E-state index < -0.39 is 0 Å². The van der Waals surface area contributed by atoms with Crippen LogP contribution < -0.4 is 0 Å². The lowest BCUT2D eigenvalue weighted by Gasteiger charge is -2.20. The van der Waals surface area contributed by atoms with E-state index in [0.29, 0.717) is 5.92 Å². The molecule has 0 unspecified atom stereocenters. The summed E-state index contributed by atoms with van der Waals surface area (Å²) in [6, 6.07) is 6.21. The highest BCUT2D eigenvalue weighted by Crippen LogP contribution is 2.31. The summed E-state index contributed by atoms with van der Waals surface area (Å²) >= 11 is 0. The number of aromatic nitrogens is 1. The van der Waals surface area contributed by atoms with Crippen LogP contribution in [0.1, 0.15) is 59.8 Å². The van der Waals surface area contributed by atoms with E-state index in [9.17, 15) is 4.79 Å². The minimum Gasteiger partial charge on any atom is -0.298 e. The van der Waals surface area contributed by atoms with Crippen molar-refractivity contribution in [2.24, 2.45) is 0 Å². The summed E-state index contributed by atoms with van der Waals surface area (Å²) in [5.41, 5.74) is 5.49. The summed E-state index contributed by atoms with van der Waals surface area (Å²) < 4.78 is 0. The second-order valence-corrected chi connectivity index (χ2v) is 5.67. The Kier molecular flexibility index (Phi) is 3.09. The van der Waals surface area contributed by atoms with Crippen LogP contribution in [0.2, 0.25) is 0 Å². The Hall–Kier alpha value is -1.70. The number of carbonyl (C=O) groups excluding carboxylic acids is 1. The van der Waals surface area contributed by atoms with Crippen LogP contribution in [0.3, 0.4) is 0 Å². The predicted molar refractivity (Wildman–Crippen MR) is 77.9 cm³/mol. The van der Waals surface area contributed by atoms with Crippen molar-refractivity contribution in [1.82, 2.24) is 4.98 Å². The average molecular weight is 253 g/mol. The maximum absolute atomic E-state index is 11.5. The Labute approximate surface area is 113 Å².